The Kier molecular flexibility index (Phi) is 5.02. The van der Waals surface area contributed by atoms with Crippen LogP contribution in [0.1, 0.15) is 11.6 Å². The number of nitrogens with one attached hydrogen (secondary N) is 1. The van der Waals surface area contributed by atoms with Gasteiger partial charge in [0.05, 0.1) is 18.2 Å². The van der Waals surface area contributed by atoms with Crippen LogP contribution >= 0.6 is 11.6 Å². The monoisotopic (exact) mass is 243 g/mol. The number of benzene rings is 1. The van der Waals surface area contributed by atoms with Crippen LogP contribution in [-0.4, -0.2) is 32.8 Å². The molecule has 5 heteroatoms. The highest BCUT2D eigenvalue weighted by Crippen LogP contribution is 2.27. The zero-order valence-electron chi connectivity index (χ0n) is 9.83. The van der Waals surface area contributed by atoms with E-state index in [-0.39, 0.29) is 6.04 Å². The standard InChI is InChI=1S/C11H18ClN3O/c1-15(2)14-10(7-13)8-4-5-11(16-3)9(12)6-8/h4-6,10,14H,7,13H2,1-3H3. The average Bonchev–Trinajstić information content (AvgIpc) is 2.25. The van der Waals surface area contributed by atoms with E-state index in [0.717, 1.165) is 5.56 Å². The number of nitrogens with two attached hydrogens (primary N) is 1. The lowest BCUT2D eigenvalue weighted by Crippen LogP contribution is -2.37. The Bertz CT molecular complexity index is 344. The van der Waals surface area contributed by atoms with Crippen LogP contribution in [0.25, 0.3) is 0 Å². The van der Waals surface area contributed by atoms with Gasteiger partial charge in [-0.05, 0) is 17.7 Å². The van der Waals surface area contributed by atoms with E-state index in [9.17, 15) is 0 Å². The molecule has 0 aliphatic carbocycles. The van der Waals surface area contributed by atoms with Gasteiger partial charge in [0, 0.05) is 20.6 Å². The van der Waals surface area contributed by atoms with Gasteiger partial charge in [-0.3, -0.25) is 0 Å². The lowest BCUT2D eigenvalue weighted by molar-refractivity contribution is 0.245. The molecule has 1 atom stereocenters. The number of methoxy groups -OCH3 is 1. The Morgan fingerprint density at radius 3 is 2.62 bits per heavy atom. The molecule has 4 nitrogen and oxygen atoms in total. The van der Waals surface area contributed by atoms with Gasteiger partial charge in [0.2, 0.25) is 0 Å². The van der Waals surface area contributed by atoms with E-state index in [1.807, 2.05) is 37.3 Å². The smallest absolute Gasteiger partial charge is 0.137 e. The number of hydrogen-bond acceptors (Lipinski definition) is 4. The van der Waals surface area contributed by atoms with Crippen molar-refractivity contribution in [2.45, 2.75) is 6.04 Å². The first-order valence-electron chi connectivity index (χ1n) is 5.05. The zero-order valence-corrected chi connectivity index (χ0v) is 10.6. The number of hydrogen-bond donors (Lipinski definition) is 2. The van der Waals surface area contributed by atoms with Crippen LogP contribution in [0.3, 0.4) is 0 Å². The third-order valence-corrected chi connectivity index (χ3v) is 2.52. The van der Waals surface area contributed by atoms with Gasteiger partial charge in [0.1, 0.15) is 5.75 Å². The van der Waals surface area contributed by atoms with Gasteiger partial charge in [-0.2, -0.15) is 0 Å². The van der Waals surface area contributed by atoms with E-state index in [1.54, 1.807) is 7.11 Å². The van der Waals surface area contributed by atoms with E-state index in [2.05, 4.69) is 5.43 Å². The molecule has 0 aliphatic rings. The molecule has 0 aromatic heterocycles. The van der Waals surface area contributed by atoms with Crippen LogP contribution in [0.4, 0.5) is 0 Å². The molecule has 1 unspecified atom stereocenters. The number of rotatable bonds is 5. The molecule has 0 aliphatic heterocycles. The van der Waals surface area contributed by atoms with Gasteiger partial charge in [-0.1, -0.05) is 17.7 Å². The summed E-state index contributed by atoms with van der Waals surface area (Å²) in [6, 6.07) is 5.73. The van der Waals surface area contributed by atoms with Crippen LogP contribution in [0.5, 0.6) is 5.75 Å². The first-order valence-corrected chi connectivity index (χ1v) is 5.43. The Morgan fingerprint density at radius 2 is 2.19 bits per heavy atom. The van der Waals surface area contributed by atoms with E-state index in [0.29, 0.717) is 17.3 Å². The molecule has 90 valence electrons. The van der Waals surface area contributed by atoms with Crippen LogP contribution in [0.2, 0.25) is 5.02 Å². The third-order valence-electron chi connectivity index (χ3n) is 2.23. The molecule has 0 heterocycles. The van der Waals surface area contributed by atoms with Crippen molar-refractivity contribution in [3.05, 3.63) is 28.8 Å². The van der Waals surface area contributed by atoms with Crippen LogP contribution < -0.4 is 15.9 Å². The lowest BCUT2D eigenvalue weighted by atomic mass is 10.1. The molecule has 3 N–H and O–H groups in total. The maximum absolute atomic E-state index is 6.06. The summed E-state index contributed by atoms with van der Waals surface area (Å²) in [6.45, 7) is 0.501. The lowest BCUT2D eigenvalue weighted by Gasteiger charge is -2.22. The Hall–Kier alpha value is -0.810. The van der Waals surface area contributed by atoms with E-state index in [1.165, 1.54) is 0 Å². The maximum atomic E-state index is 6.06. The summed E-state index contributed by atoms with van der Waals surface area (Å²) in [5.74, 6) is 0.672. The van der Waals surface area contributed by atoms with Crippen molar-refractivity contribution in [2.24, 2.45) is 5.73 Å². The third kappa shape index (κ3) is 3.35. The first-order chi connectivity index (χ1) is 7.58. The molecule has 0 radical (unpaired) electrons. The summed E-state index contributed by atoms with van der Waals surface area (Å²) in [6.07, 6.45) is 0. The molecule has 1 aromatic rings. The summed E-state index contributed by atoms with van der Waals surface area (Å²) in [5, 5.41) is 2.47. The van der Waals surface area contributed by atoms with E-state index < -0.39 is 0 Å². The molecule has 0 bridgehead atoms. The fourth-order valence-corrected chi connectivity index (χ4v) is 1.74. The highest BCUT2D eigenvalue weighted by molar-refractivity contribution is 6.32. The van der Waals surface area contributed by atoms with Crippen molar-refractivity contribution in [1.82, 2.24) is 10.4 Å². The van der Waals surface area contributed by atoms with Crippen molar-refractivity contribution in [3.8, 4) is 5.75 Å². The maximum Gasteiger partial charge on any atom is 0.137 e. The minimum absolute atomic E-state index is 0.0541. The second kappa shape index (κ2) is 6.06. The molecule has 1 aromatic carbocycles. The molecular weight excluding hydrogens is 226 g/mol. The molecular formula is C11H18ClN3O. The van der Waals surface area contributed by atoms with Crippen molar-refractivity contribution in [3.63, 3.8) is 0 Å². The Balaban J connectivity index is 2.89. The molecule has 0 saturated heterocycles. The molecule has 0 saturated carbocycles. The van der Waals surface area contributed by atoms with E-state index >= 15 is 0 Å². The molecule has 0 amide bonds. The van der Waals surface area contributed by atoms with Crippen molar-refractivity contribution < 1.29 is 4.74 Å². The van der Waals surface area contributed by atoms with Crippen LogP contribution in [0, 0.1) is 0 Å². The second-order valence-corrected chi connectivity index (χ2v) is 4.11. The summed E-state index contributed by atoms with van der Waals surface area (Å²) in [7, 11) is 5.45. The SMILES string of the molecule is COc1ccc(C(CN)NN(C)C)cc1Cl. The number of halogens is 1. The fraction of sp³-hybridized carbons (Fsp3) is 0.455. The van der Waals surface area contributed by atoms with Gasteiger partial charge < -0.3 is 10.5 Å². The normalized spacial score (nSPS) is 12.9. The molecule has 16 heavy (non-hydrogen) atoms. The minimum atomic E-state index is 0.0541. The predicted molar refractivity (Wildman–Crippen MR) is 66.6 cm³/mol. The number of nitrogens with zero attached hydrogens (tertiary/aromatic N) is 1. The predicted octanol–water partition coefficient (Wildman–Crippen LogP) is 1.41. The Labute approximate surface area is 101 Å². The van der Waals surface area contributed by atoms with Gasteiger partial charge in [-0.25, -0.2) is 10.4 Å². The van der Waals surface area contributed by atoms with Crippen molar-refractivity contribution in [1.29, 1.82) is 0 Å². The summed E-state index contributed by atoms with van der Waals surface area (Å²) < 4.78 is 5.10. The summed E-state index contributed by atoms with van der Waals surface area (Å²) in [5.41, 5.74) is 9.97. The van der Waals surface area contributed by atoms with Crippen LogP contribution in [-0.2, 0) is 0 Å². The van der Waals surface area contributed by atoms with Gasteiger partial charge in [-0.15, -0.1) is 0 Å². The Morgan fingerprint density at radius 1 is 1.50 bits per heavy atom. The second-order valence-electron chi connectivity index (χ2n) is 3.71. The average molecular weight is 244 g/mol. The molecule has 1 rings (SSSR count). The summed E-state index contributed by atoms with van der Waals surface area (Å²) in [4.78, 5) is 0. The van der Waals surface area contributed by atoms with Gasteiger partial charge >= 0.3 is 0 Å². The van der Waals surface area contributed by atoms with Crippen LogP contribution in [0.15, 0.2) is 18.2 Å². The fourth-order valence-electron chi connectivity index (χ4n) is 1.47. The highest BCUT2D eigenvalue weighted by atomic mass is 35.5. The minimum Gasteiger partial charge on any atom is -0.495 e. The molecule has 0 spiro atoms. The van der Waals surface area contributed by atoms with Crippen molar-refractivity contribution >= 4 is 11.6 Å². The summed E-state index contributed by atoms with van der Waals surface area (Å²) >= 11 is 6.06. The van der Waals surface area contributed by atoms with Gasteiger partial charge in [0.15, 0.2) is 0 Å². The number of hydrazine groups is 1. The first kappa shape index (κ1) is 13.3. The number of ether oxygens (including phenoxy) is 1. The highest BCUT2D eigenvalue weighted by Gasteiger charge is 2.11. The topological polar surface area (TPSA) is 50.5 Å². The van der Waals surface area contributed by atoms with E-state index in [4.69, 9.17) is 22.1 Å². The van der Waals surface area contributed by atoms with Gasteiger partial charge in [0.25, 0.3) is 0 Å². The quantitative estimate of drug-likeness (QED) is 0.768. The zero-order chi connectivity index (χ0) is 12.1. The largest absolute Gasteiger partial charge is 0.495 e. The van der Waals surface area contributed by atoms with Crippen molar-refractivity contribution in [2.75, 3.05) is 27.7 Å². The molecule has 0 fully saturated rings.